The summed E-state index contributed by atoms with van der Waals surface area (Å²) in [6.07, 6.45) is 0. The fraction of sp³-hybridized carbons (Fsp3) is 0.333. The van der Waals surface area contributed by atoms with Crippen LogP contribution in [-0.4, -0.2) is 44.7 Å². The first-order valence-corrected chi connectivity index (χ1v) is 9.62. The van der Waals surface area contributed by atoms with E-state index >= 15 is 0 Å². The van der Waals surface area contributed by atoms with Gasteiger partial charge in [0, 0.05) is 13.5 Å². The van der Waals surface area contributed by atoms with E-state index in [1.165, 1.54) is 31.4 Å². The van der Waals surface area contributed by atoms with Crippen LogP contribution < -0.4 is 14.8 Å². The van der Waals surface area contributed by atoms with Gasteiger partial charge in [0.15, 0.2) is 5.13 Å². The van der Waals surface area contributed by atoms with Gasteiger partial charge in [-0.3, -0.25) is 4.79 Å². The highest BCUT2D eigenvalue weighted by Gasteiger charge is 2.21. The Kier molecular flexibility index (Phi) is 6.11. The lowest BCUT2D eigenvalue weighted by atomic mass is 10.1. The third kappa shape index (κ3) is 4.54. The molecule has 0 unspecified atom stereocenters. The summed E-state index contributed by atoms with van der Waals surface area (Å²) in [6, 6.07) is 4.76. The van der Waals surface area contributed by atoms with E-state index in [0.717, 1.165) is 4.88 Å². The van der Waals surface area contributed by atoms with Crippen LogP contribution in [0.1, 0.15) is 12.6 Å². The molecule has 0 bridgehead atoms. The summed E-state index contributed by atoms with van der Waals surface area (Å²) in [4.78, 5) is 16.1. The molecule has 0 aliphatic heterocycles. The Morgan fingerprint density at radius 2 is 2.12 bits per heavy atom. The van der Waals surface area contributed by atoms with Crippen molar-refractivity contribution in [3.63, 3.8) is 0 Å². The predicted molar refractivity (Wildman–Crippen MR) is 95.4 cm³/mol. The number of nitrogens with one attached hydrogen (secondary N) is 2. The second kappa shape index (κ2) is 7.91. The molecule has 0 fully saturated rings. The molecule has 8 nitrogen and oxygen atoms in total. The molecule has 1 aromatic heterocycles. The topological polar surface area (TPSA) is 118 Å². The van der Waals surface area contributed by atoms with Crippen LogP contribution in [0.25, 0.3) is 10.4 Å². The van der Waals surface area contributed by atoms with Crippen molar-refractivity contribution in [2.24, 2.45) is 0 Å². The van der Waals surface area contributed by atoms with Crippen molar-refractivity contribution in [2.45, 2.75) is 18.7 Å². The first kappa shape index (κ1) is 19.3. The minimum absolute atomic E-state index is 0.0326. The van der Waals surface area contributed by atoms with E-state index in [0.29, 0.717) is 16.4 Å². The molecular weight excluding hydrogens is 366 g/mol. The first-order chi connectivity index (χ1) is 11.8. The molecule has 1 heterocycles. The van der Waals surface area contributed by atoms with Gasteiger partial charge in [0.05, 0.1) is 24.3 Å². The van der Waals surface area contributed by atoms with Gasteiger partial charge >= 0.3 is 0 Å². The standard InChI is InChI=1S/C15H19N3O5S2/c1-9-14(24-15(17-9)18-10(2)20)11-4-5-12(23-3)13(8-11)25(21,22)16-6-7-19/h4-5,8,16,19H,6-7H2,1-3H3,(H,17,18,20). The number of benzene rings is 1. The molecular formula is C15H19N3O5S2. The van der Waals surface area contributed by atoms with Gasteiger partial charge in [-0.1, -0.05) is 11.3 Å². The molecule has 0 saturated carbocycles. The summed E-state index contributed by atoms with van der Waals surface area (Å²) in [6.45, 7) is 2.76. The molecule has 3 N–H and O–H groups in total. The number of hydrogen-bond donors (Lipinski definition) is 3. The zero-order valence-electron chi connectivity index (χ0n) is 14.0. The van der Waals surface area contributed by atoms with Gasteiger partial charge in [-0.05, 0) is 30.7 Å². The minimum atomic E-state index is -3.84. The van der Waals surface area contributed by atoms with Crippen LogP contribution in [0.15, 0.2) is 23.1 Å². The Hall–Kier alpha value is -2.01. The number of aryl methyl sites for hydroxylation is 1. The number of anilines is 1. The molecule has 0 aliphatic carbocycles. The van der Waals surface area contributed by atoms with Crippen molar-refractivity contribution in [2.75, 3.05) is 25.6 Å². The lowest BCUT2D eigenvalue weighted by molar-refractivity contribution is -0.114. The maximum Gasteiger partial charge on any atom is 0.244 e. The fourth-order valence-electron chi connectivity index (χ4n) is 2.15. The van der Waals surface area contributed by atoms with Crippen molar-refractivity contribution >= 4 is 32.4 Å². The fourth-order valence-corrected chi connectivity index (χ4v) is 4.38. The molecule has 25 heavy (non-hydrogen) atoms. The Morgan fingerprint density at radius 3 is 2.72 bits per heavy atom. The Morgan fingerprint density at radius 1 is 1.40 bits per heavy atom. The van der Waals surface area contributed by atoms with Crippen molar-refractivity contribution < 1.29 is 23.1 Å². The van der Waals surface area contributed by atoms with Crippen molar-refractivity contribution in [1.82, 2.24) is 9.71 Å². The number of amides is 1. The number of carbonyl (C=O) groups excluding carboxylic acids is 1. The molecule has 0 saturated heterocycles. The lowest BCUT2D eigenvalue weighted by Gasteiger charge is -2.11. The average Bonchev–Trinajstić information content (AvgIpc) is 2.92. The van der Waals surface area contributed by atoms with E-state index in [2.05, 4.69) is 15.0 Å². The summed E-state index contributed by atoms with van der Waals surface area (Å²) in [5.74, 6) is -0.0371. The maximum absolute atomic E-state index is 12.4. The molecule has 0 spiro atoms. The zero-order chi connectivity index (χ0) is 18.6. The van der Waals surface area contributed by atoms with Gasteiger partial charge in [0.2, 0.25) is 15.9 Å². The highest BCUT2D eigenvalue weighted by atomic mass is 32.2. The van der Waals surface area contributed by atoms with Gasteiger partial charge in [-0.15, -0.1) is 0 Å². The Bertz CT molecular complexity index is 877. The monoisotopic (exact) mass is 385 g/mol. The number of aliphatic hydroxyl groups is 1. The summed E-state index contributed by atoms with van der Waals surface area (Å²) >= 11 is 1.25. The number of aromatic nitrogens is 1. The van der Waals surface area contributed by atoms with Crippen LogP contribution in [-0.2, 0) is 14.8 Å². The summed E-state index contributed by atoms with van der Waals surface area (Å²) in [5.41, 5.74) is 1.31. The highest BCUT2D eigenvalue weighted by molar-refractivity contribution is 7.89. The predicted octanol–water partition coefficient (Wildman–Crippen LogP) is 1.36. The molecule has 136 valence electrons. The van der Waals surface area contributed by atoms with Crippen molar-refractivity contribution in [1.29, 1.82) is 0 Å². The average molecular weight is 385 g/mol. The molecule has 0 atom stereocenters. The van der Waals surface area contributed by atoms with Gasteiger partial charge in [-0.25, -0.2) is 18.1 Å². The first-order valence-electron chi connectivity index (χ1n) is 7.32. The number of nitrogens with zero attached hydrogens (tertiary/aromatic N) is 1. The van der Waals surface area contributed by atoms with E-state index in [4.69, 9.17) is 9.84 Å². The Balaban J connectivity index is 2.49. The summed E-state index contributed by atoms with van der Waals surface area (Å²) < 4.78 is 32.3. The number of rotatable bonds is 7. The smallest absolute Gasteiger partial charge is 0.244 e. The van der Waals surface area contributed by atoms with Crippen molar-refractivity contribution in [3.8, 4) is 16.2 Å². The van der Waals surface area contributed by atoms with E-state index in [9.17, 15) is 13.2 Å². The van der Waals surface area contributed by atoms with Gasteiger partial charge in [-0.2, -0.15) is 0 Å². The third-order valence-electron chi connectivity index (χ3n) is 3.20. The molecule has 2 rings (SSSR count). The van der Waals surface area contributed by atoms with E-state index < -0.39 is 10.0 Å². The summed E-state index contributed by atoms with van der Waals surface area (Å²) in [7, 11) is -2.46. The summed E-state index contributed by atoms with van der Waals surface area (Å²) in [5, 5.41) is 11.9. The van der Waals surface area contributed by atoms with Crippen LogP contribution in [0.5, 0.6) is 5.75 Å². The van der Waals surface area contributed by atoms with Crippen LogP contribution in [0, 0.1) is 6.92 Å². The molecule has 0 aliphatic rings. The number of methoxy groups -OCH3 is 1. The second-order valence-corrected chi connectivity index (χ2v) is 7.84. The number of ether oxygens (including phenoxy) is 1. The van der Waals surface area contributed by atoms with Crippen LogP contribution in [0.2, 0.25) is 0 Å². The number of aliphatic hydroxyl groups excluding tert-OH is 1. The normalized spacial score (nSPS) is 11.4. The van der Waals surface area contributed by atoms with E-state index in [1.54, 1.807) is 19.1 Å². The molecule has 1 amide bonds. The van der Waals surface area contributed by atoms with Gasteiger partial charge in [0.25, 0.3) is 0 Å². The number of carbonyl (C=O) groups is 1. The van der Waals surface area contributed by atoms with E-state index in [1.807, 2.05) is 0 Å². The van der Waals surface area contributed by atoms with Gasteiger partial charge in [0.1, 0.15) is 10.6 Å². The molecule has 2 aromatic rings. The van der Waals surface area contributed by atoms with Gasteiger partial charge < -0.3 is 15.2 Å². The van der Waals surface area contributed by atoms with Crippen LogP contribution >= 0.6 is 11.3 Å². The second-order valence-electron chi connectivity index (χ2n) is 5.10. The number of thiazole rings is 1. The number of sulfonamides is 1. The van der Waals surface area contributed by atoms with Crippen LogP contribution in [0.3, 0.4) is 0 Å². The molecule has 0 radical (unpaired) electrons. The quantitative estimate of drug-likeness (QED) is 0.662. The van der Waals surface area contributed by atoms with Crippen LogP contribution in [0.4, 0.5) is 5.13 Å². The Labute approximate surface area is 149 Å². The zero-order valence-corrected chi connectivity index (χ0v) is 15.6. The third-order valence-corrected chi connectivity index (χ3v) is 5.80. The molecule has 10 heteroatoms. The maximum atomic E-state index is 12.4. The van der Waals surface area contributed by atoms with Crippen molar-refractivity contribution in [3.05, 3.63) is 23.9 Å². The largest absolute Gasteiger partial charge is 0.495 e. The lowest BCUT2D eigenvalue weighted by Crippen LogP contribution is -2.27. The number of hydrogen-bond acceptors (Lipinski definition) is 7. The minimum Gasteiger partial charge on any atom is -0.495 e. The highest BCUT2D eigenvalue weighted by Crippen LogP contribution is 2.36. The molecule has 1 aromatic carbocycles. The SMILES string of the molecule is COc1ccc(-c2sc(NC(C)=O)nc2C)cc1S(=O)(=O)NCCO. The van der Waals surface area contributed by atoms with E-state index in [-0.39, 0.29) is 29.7 Å².